The van der Waals surface area contributed by atoms with Crippen molar-refractivity contribution in [1.29, 1.82) is 0 Å². The number of ketones is 1. The van der Waals surface area contributed by atoms with E-state index in [0.29, 0.717) is 17.0 Å². The average Bonchev–Trinajstić information content (AvgIpc) is 3.38. The Kier molecular flexibility index (Phi) is 6.28. The van der Waals surface area contributed by atoms with Crippen LogP contribution in [-0.2, 0) is 0 Å². The summed E-state index contributed by atoms with van der Waals surface area (Å²) in [6.07, 6.45) is 3.16. The van der Waals surface area contributed by atoms with Crippen molar-refractivity contribution >= 4 is 21.7 Å². The molecule has 136 valence electrons. The van der Waals surface area contributed by atoms with Crippen molar-refractivity contribution in [2.24, 2.45) is 11.8 Å². The van der Waals surface area contributed by atoms with E-state index in [2.05, 4.69) is 34.5 Å². The molecule has 0 N–H and O–H groups in total. The predicted octanol–water partition coefficient (Wildman–Crippen LogP) is 4.81. The summed E-state index contributed by atoms with van der Waals surface area (Å²) in [6.45, 7) is 6.54. The minimum atomic E-state index is 0.0246. The van der Waals surface area contributed by atoms with Gasteiger partial charge in [-0.25, -0.2) is 0 Å². The third-order valence-electron chi connectivity index (χ3n) is 4.74. The molecule has 2 aromatic carbocycles. The van der Waals surface area contributed by atoms with Crippen molar-refractivity contribution < 1.29 is 9.53 Å². The summed E-state index contributed by atoms with van der Waals surface area (Å²) in [5.74, 6) is 2.20. The van der Waals surface area contributed by atoms with Crippen LogP contribution in [0.15, 0.2) is 65.7 Å². The van der Waals surface area contributed by atoms with Gasteiger partial charge in [0, 0.05) is 28.7 Å². The number of hydrogen-bond donors (Lipinski definition) is 0. The van der Waals surface area contributed by atoms with E-state index in [4.69, 9.17) is 4.74 Å². The van der Waals surface area contributed by atoms with Gasteiger partial charge in [0.15, 0.2) is 5.78 Å². The Labute approximate surface area is 163 Å². The van der Waals surface area contributed by atoms with Crippen LogP contribution in [0.2, 0.25) is 0 Å². The van der Waals surface area contributed by atoms with Crippen LogP contribution >= 0.6 is 15.9 Å². The fraction of sp³-hybridized carbons (Fsp3) is 0.318. The highest BCUT2D eigenvalue weighted by Crippen LogP contribution is 2.39. The summed E-state index contributed by atoms with van der Waals surface area (Å²) >= 11 is 3.38. The predicted molar refractivity (Wildman–Crippen MR) is 109 cm³/mol. The fourth-order valence-electron chi connectivity index (χ4n) is 3.11. The minimum absolute atomic E-state index is 0.0246. The molecular weight excluding hydrogens is 390 g/mol. The Hall–Kier alpha value is -1.91. The number of likely N-dealkylation sites (N-methyl/N-ethyl adjacent to an activating group) is 1. The van der Waals surface area contributed by atoms with Gasteiger partial charge < -0.3 is 9.64 Å². The Balaban J connectivity index is 1.48. The van der Waals surface area contributed by atoms with E-state index in [1.54, 1.807) is 0 Å². The van der Waals surface area contributed by atoms with Crippen LogP contribution in [0.3, 0.4) is 0 Å². The molecule has 0 amide bonds. The van der Waals surface area contributed by atoms with Crippen LogP contribution in [0.25, 0.3) is 0 Å². The molecule has 1 fully saturated rings. The number of hydrogen-bond acceptors (Lipinski definition) is 3. The highest BCUT2D eigenvalue weighted by Gasteiger charge is 2.37. The van der Waals surface area contributed by atoms with Gasteiger partial charge >= 0.3 is 0 Å². The second-order valence-electron chi connectivity index (χ2n) is 6.94. The quantitative estimate of drug-likeness (QED) is 0.436. The van der Waals surface area contributed by atoms with Crippen LogP contribution in [0.5, 0.6) is 5.75 Å². The summed E-state index contributed by atoms with van der Waals surface area (Å²) < 4.78 is 6.87. The van der Waals surface area contributed by atoms with E-state index in [1.165, 1.54) is 6.42 Å². The van der Waals surface area contributed by atoms with Crippen molar-refractivity contribution in [2.45, 2.75) is 6.42 Å². The maximum Gasteiger partial charge on any atom is 0.193 e. The molecule has 3 nitrogen and oxygen atoms in total. The summed E-state index contributed by atoms with van der Waals surface area (Å²) in [6, 6.07) is 14.8. The first-order valence-electron chi connectivity index (χ1n) is 8.89. The van der Waals surface area contributed by atoms with E-state index in [0.717, 1.165) is 35.8 Å². The van der Waals surface area contributed by atoms with Gasteiger partial charge in [0.1, 0.15) is 5.75 Å². The second kappa shape index (κ2) is 8.65. The largest absolute Gasteiger partial charge is 0.493 e. The molecule has 0 saturated heterocycles. The maximum absolute atomic E-state index is 12.5. The van der Waals surface area contributed by atoms with Gasteiger partial charge in [-0.3, -0.25) is 4.79 Å². The molecular formula is C22H24BrNO2. The SMILES string of the molecule is C=CCN(C)CC1CC1COc1ccc(C(=O)c2ccc(Br)cc2)cc1. The summed E-state index contributed by atoms with van der Waals surface area (Å²) in [5.41, 5.74) is 1.36. The fourth-order valence-corrected chi connectivity index (χ4v) is 3.37. The normalized spacial score (nSPS) is 18.6. The molecule has 0 heterocycles. The van der Waals surface area contributed by atoms with Crippen LogP contribution in [-0.4, -0.2) is 37.4 Å². The number of benzene rings is 2. The van der Waals surface area contributed by atoms with Crippen molar-refractivity contribution in [1.82, 2.24) is 4.90 Å². The first-order chi connectivity index (χ1) is 12.6. The summed E-state index contributed by atoms with van der Waals surface area (Å²) in [5, 5.41) is 0. The third kappa shape index (κ3) is 5.05. The molecule has 2 unspecified atom stereocenters. The van der Waals surface area contributed by atoms with Crippen LogP contribution in [0.4, 0.5) is 0 Å². The lowest BCUT2D eigenvalue weighted by molar-refractivity contribution is 0.103. The lowest BCUT2D eigenvalue weighted by Gasteiger charge is -2.13. The molecule has 1 saturated carbocycles. The van der Waals surface area contributed by atoms with Crippen molar-refractivity contribution in [3.8, 4) is 5.75 Å². The van der Waals surface area contributed by atoms with E-state index in [1.807, 2.05) is 54.6 Å². The first-order valence-corrected chi connectivity index (χ1v) is 9.68. The summed E-state index contributed by atoms with van der Waals surface area (Å²) in [4.78, 5) is 14.8. The molecule has 3 rings (SSSR count). The molecule has 0 radical (unpaired) electrons. The van der Waals surface area contributed by atoms with Crippen molar-refractivity contribution in [3.63, 3.8) is 0 Å². The molecule has 0 spiro atoms. The third-order valence-corrected chi connectivity index (χ3v) is 5.27. The molecule has 4 heteroatoms. The zero-order valence-electron chi connectivity index (χ0n) is 15.0. The van der Waals surface area contributed by atoms with E-state index >= 15 is 0 Å². The second-order valence-corrected chi connectivity index (χ2v) is 7.85. The minimum Gasteiger partial charge on any atom is -0.493 e. The van der Waals surface area contributed by atoms with Crippen molar-refractivity contribution in [3.05, 3.63) is 76.8 Å². The van der Waals surface area contributed by atoms with E-state index < -0.39 is 0 Å². The Morgan fingerprint density at radius 2 is 1.77 bits per heavy atom. The Morgan fingerprint density at radius 1 is 1.15 bits per heavy atom. The van der Waals surface area contributed by atoms with Crippen LogP contribution in [0, 0.1) is 11.8 Å². The number of ether oxygens (including phenoxy) is 1. The number of carbonyl (C=O) groups is 1. The Bertz CT molecular complexity index is 755. The molecule has 0 bridgehead atoms. The zero-order chi connectivity index (χ0) is 18.5. The topological polar surface area (TPSA) is 29.5 Å². The van der Waals surface area contributed by atoms with Crippen LogP contribution < -0.4 is 4.74 Å². The molecule has 2 aromatic rings. The standard InChI is InChI=1S/C22H24BrNO2/c1-3-12-24(2)14-18-13-19(18)15-26-21-10-6-17(7-11-21)22(25)16-4-8-20(23)9-5-16/h3-11,18-19H,1,12-15H2,2H3. The number of nitrogens with zero attached hydrogens (tertiary/aromatic N) is 1. The first kappa shape index (κ1) is 18.9. The number of carbonyl (C=O) groups excluding carboxylic acids is 1. The van der Waals surface area contributed by atoms with Gasteiger partial charge in [0.25, 0.3) is 0 Å². The lowest BCUT2D eigenvalue weighted by atomic mass is 10.0. The number of rotatable bonds is 9. The average molecular weight is 414 g/mol. The Morgan fingerprint density at radius 3 is 2.38 bits per heavy atom. The van der Waals surface area contributed by atoms with E-state index in [-0.39, 0.29) is 5.78 Å². The van der Waals surface area contributed by atoms with E-state index in [9.17, 15) is 4.79 Å². The molecule has 1 aliphatic carbocycles. The molecule has 2 atom stereocenters. The number of halogens is 1. The van der Waals surface area contributed by atoms with Gasteiger partial charge in [0.2, 0.25) is 0 Å². The zero-order valence-corrected chi connectivity index (χ0v) is 16.6. The lowest BCUT2D eigenvalue weighted by Crippen LogP contribution is -2.21. The highest BCUT2D eigenvalue weighted by atomic mass is 79.9. The van der Waals surface area contributed by atoms with Gasteiger partial charge in [0.05, 0.1) is 6.61 Å². The van der Waals surface area contributed by atoms with Gasteiger partial charge in [-0.1, -0.05) is 22.0 Å². The molecule has 0 aromatic heterocycles. The smallest absolute Gasteiger partial charge is 0.193 e. The monoisotopic (exact) mass is 413 g/mol. The summed E-state index contributed by atoms with van der Waals surface area (Å²) in [7, 11) is 2.12. The maximum atomic E-state index is 12.5. The van der Waals surface area contributed by atoms with Gasteiger partial charge in [-0.15, -0.1) is 6.58 Å². The molecule has 0 aliphatic heterocycles. The van der Waals surface area contributed by atoms with Crippen molar-refractivity contribution in [2.75, 3.05) is 26.7 Å². The molecule has 26 heavy (non-hydrogen) atoms. The molecule has 1 aliphatic rings. The van der Waals surface area contributed by atoms with Crippen LogP contribution in [0.1, 0.15) is 22.3 Å². The highest BCUT2D eigenvalue weighted by molar-refractivity contribution is 9.10. The van der Waals surface area contributed by atoms with Gasteiger partial charge in [-0.2, -0.15) is 0 Å². The van der Waals surface area contributed by atoms with Gasteiger partial charge in [-0.05, 0) is 73.8 Å².